The van der Waals surface area contributed by atoms with Crippen molar-refractivity contribution in [3.8, 4) is 17.1 Å². The summed E-state index contributed by atoms with van der Waals surface area (Å²) in [5.41, 5.74) is 11.0. The Morgan fingerprint density at radius 2 is 1.48 bits per heavy atom. The van der Waals surface area contributed by atoms with Gasteiger partial charge in [-0.15, -0.1) is 0 Å². The van der Waals surface area contributed by atoms with Crippen LogP contribution in [0, 0.1) is 27.7 Å². The maximum Gasteiger partial charge on any atom is 0.299 e. The predicted octanol–water partition coefficient (Wildman–Crippen LogP) is 6.65. The molecule has 3 aromatic heterocycles. The van der Waals surface area contributed by atoms with E-state index in [9.17, 15) is 0 Å². The smallest absolute Gasteiger partial charge is 0.299 e. The topological polar surface area (TPSA) is 34.8 Å². The molecule has 3 heterocycles. The highest BCUT2D eigenvalue weighted by Gasteiger charge is 2.31. The second-order valence-electron chi connectivity index (χ2n) is 8.96. The third kappa shape index (κ3) is 2.70. The third-order valence-electron chi connectivity index (χ3n) is 6.84. The molecule has 0 atom stereocenters. The van der Waals surface area contributed by atoms with Gasteiger partial charge in [0.15, 0.2) is 22.2 Å². The molecule has 3 aromatic carbocycles. The van der Waals surface area contributed by atoms with Crippen molar-refractivity contribution < 1.29 is 8.98 Å². The Balaban J connectivity index is 1.84. The summed E-state index contributed by atoms with van der Waals surface area (Å²) in [6.07, 6.45) is 1.86. The lowest BCUT2D eigenvalue weighted by Crippen LogP contribution is -2.30. The molecule has 4 heteroatoms. The van der Waals surface area contributed by atoms with Crippen molar-refractivity contribution in [2.45, 2.75) is 27.7 Å². The average Bonchev–Trinajstić information content (AvgIpc) is 3.31. The van der Waals surface area contributed by atoms with Gasteiger partial charge in [0, 0.05) is 17.0 Å². The molecule has 0 bridgehead atoms. The predicted molar refractivity (Wildman–Crippen MR) is 134 cm³/mol. The van der Waals surface area contributed by atoms with Crippen molar-refractivity contribution in [1.82, 2.24) is 9.55 Å². The number of fused-ring (bicyclic) bond motifs is 4. The van der Waals surface area contributed by atoms with Crippen LogP contribution >= 0.6 is 0 Å². The minimum atomic E-state index is 0.858. The molecule has 0 N–H and O–H groups in total. The summed E-state index contributed by atoms with van der Waals surface area (Å²) in [7, 11) is 2.15. The zero-order chi connectivity index (χ0) is 22.9. The molecule has 0 unspecified atom stereocenters. The van der Waals surface area contributed by atoms with Gasteiger partial charge in [0.25, 0.3) is 5.82 Å². The van der Waals surface area contributed by atoms with Crippen LogP contribution in [0.3, 0.4) is 0 Å². The fourth-order valence-corrected chi connectivity index (χ4v) is 5.25. The average molecular weight is 433 g/mol. The summed E-state index contributed by atoms with van der Waals surface area (Å²) in [4.78, 5) is 4.46. The van der Waals surface area contributed by atoms with E-state index in [0.717, 1.165) is 39.0 Å². The van der Waals surface area contributed by atoms with Crippen LogP contribution in [0.25, 0.3) is 50.0 Å². The first-order valence-electron chi connectivity index (χ1n) is 11.3. The zero-order valence-corrected chi connectivity index (χ0v) is 19.6. The number of hydrogen-bond donors (Lipinski definition) is 0. The minimum absolute atomic E-state index is 0.858. The van der Waals surface area contributed by atoms with E-state index in [4.69, 9.17) is 4.42 Å². The van der Waals surface area contributed by atoms with Gasteiger partial charge in [0.05, 0.1) is 12.7 Å². The van der Waals surface area contributed by atoms with Gasteiger partial charge in [-0.3, -0.25) is 4.98 Å². The normalized spacial score (nSPS) is 11.8. The van der Waals surface area contributed by atoms with E-state index in [-0.39, 0.29) is 0 Å². The number of furan rings is 1. The van der Waals surface area contributed by atoms with E-state index in [1.54, 1.807) is 0 Å². The van der Waals surface area contributed by atoms with E-state index in [1.807, 2.05) is 19.2 Å². The Kier molecular flexibility index (Phi) is 4.21. The molecule has 6 rings (SSSR count). The molecular formula is C29H26N3O+. The number of nitrogens with zero attached hydrogens (tertiary/aromatic N) is 3. The van der Waals surface area contributed by atoms with Crippen LogP contribution in [0.15, 0.2) is 71.3 Å². The molecule has 0 radical (unpaired) electrons. The van der Waals surface area contributed by atoms with Crippen LogP contribution in [0.2, 0.25) is 0 Å². The van der Waals surface area contributed by atoms with Gasteiger partial charge in [-0.1, -0.05) is 42.5 Å². The van der Waals surface area contributed by atoms with E-state index < -0.39 is 0 Å². The van der Waals surface area contributed by atoms with Crippen LogP contribution in [-0.4, -0.2) is 9.55 Å². The lowest BCUT2D eigenvalue weighted by Gasteiger charge is -2.11. The number of hydrogen-bond acceptors (Lipinski definition) is 2. The molecule has 0 spiro atoms. The van der Waals surface area contributed by atoms with Gasteiger partial charge >= 0.3 is 0 Å². The van der Waals surface area contributed by atoms with Crippen molar-refractivity contribution in [2.75, 3.05) is 0 Å². The molecule has 0 saturated heterocycles. The monoisotopic (exact) mass is 432 g/mol. The number of pyridine rings is 1. The van der Waals surface area contributed by atoms with Crippen molar-refractivity contribution in [2.24, 2.45) is 7.05 Å². The highest BCUT2D eigenvalue weighted by molar-refractivity contribution is 6.10. The summed E-state index contributed by atoms with van der Waals surface area (Å²) in [5.74, 6) is 1.11. The largest absolute Gasteiger partial charge is 0.453 e. The molecule has 0 saturated carbocycles. The molecule has 0 fully saturated rings. The highest BCUT2D eigenvalue weighted by Crippen LogP contribution is 2.40. The van der Waals surface area contributed by atoms with Crippen LogP contribution in [0.1, 0.15) is 22.4 Å². The maximum absolute atomic E-state index is 6.56. The molecule has 0 aliphatic rings. The fourth-order valence-electron chi connectivity index (χ4n) is 5.25. The maximum atomic E-state index is 6.56. The standard InChI is InChI=1S/C29H26N3O/c1-17-13-14-21-22-15-16-30-20(4)27(22)33-28(21)25(17)29-31(5)23-11-6-7-12-24(23)32(29)26-18(2)9-8-10-19(26)3/h6-16H,1-5H3/q+1. The molecule has 0 aliphatic carbocycles. The number of rotatable bonds is 2. The van der Waals surface area contributed by atoms with Crippen molar-refractivity contribution in [1.29, 1.82) is 0 Å². The quantitative estimate of drug-likeness (QED) is 0.287. The van der Waals surface area contributed by atoms with Gasteiger partial charge < -0.3 is 4.42 Å². The molecular weight excluding hydrogens is 406 g/mol. The highest BCUT2D eigenvalue weighted by atomic mass is 16.3. The SMILES string of the molecule is Cc1cccc(C)c1-n1c(-c2c(C)ccc3c2oc2c(C)nccc23)[n+](C)c2ccccc21. The van der Waals surface area contributed by atoms with Gasteiger partial charge in [-0.25, -0.2) is 4.57 Å². The van der Waals surface area contributed by atoms with E-state index in [0.29, 0.717) is 0 Å². The van der Waals surface area contributed by atoms with Crippen molar-refractivity contribution in [3.05, 3.63) is 89.2 Å². The minimum Gasteiger partial charge on any atom is -0.453 e. The number of aromatic nitrogens is 3. The Morgan fingerprint density at radius 1 is 0.758 bits per heavy atom. The first-order chi connectivity index (χ1) is 16.0. The molecule has 6 aromatic rings. The Hall–Kier alpha value is -3.92. The van der Waals surface area contributed by atoms with Gasteiger partial charge in [-0.2, -0.15) is 4.57 Å². The second-order valence-corrected chi connectivity index (χ2v) is 8.96. The van der Waals surface area contributed by atoms with Crippen molar-refractivity contribution >= 4 is 33.0 Å². The van der Waals surface area contributed by atoms with Crippen LogP contribution in [0.4, 0.5) is 0 Å². The fraction of sp³-hybridized carbons (Fsp3) is 0.172. The second kappa shape index (κ2) is 7.04. The van der Waals surface area contributed by atoms with E-state index in [2.05, 4.69) is 96.5 Å². The summed E-state index contributed by atoms with van der Waals surface area (Å²) in [5, 5.41) is 2.23. The Morgan fingerprint density at radius 3 is 2.27 bits per heavy atom. The summed E-state index contributed by atoms with van der Waals surface area (Å²) in [6, 6.07) is 21.5. The molecule has 0 aliphatic heterocycles. The van der Waals surface area contributed by atoms with Gasteiger partial charge in [0.1, 0.15) is 11.3 Å². The Bertz CT molecular complexity index is 1700. The lowest BCUT2D eigenvalue weighted by molar-refractivity contribution is -0.633. The number of aryl methyl sites for hydroxylation is 5. The number of para-hydroxylation sites is 3. The summed E-state index contributed by atoms with van der Waals surface area (Å²) in [6.45, 7) is 8.54. The summed E-state index contributed by atoms with van der Waals surface area (Å²) >= 11 is 0. The first-order valence-corrected chi connectivity index (χ1v) is 11.3. The molecule has 0 amide bonds. The number of benzene rings is 3. The molecule has 4 nitrogen and oxygen atoms in total. The van der Waals surface area contributed by atoms with Gasteiger partial charge in [-0.05, 0) is 62.6 Å². The molecule has 33 heavy (non-hydrogen) atoms. The van der Waals surface area contributed by atoms with Gasteiger partial charge in [0.2, 0.25) is 0 Å². The van der Waals surface area contributed by atoms with Crippen LogP contribution in [-0.2, 0) is 7.05 Å². The summed E-state index contributed by atoms with van der Waals surface area (Å²) < 4.78 is 11.3. The van der Waals surface area contributed by atoms with Crippen molar-refractivity contribution in [3.63, 3.8) is 0 Å². The van der Waals surface area contributed by atoms with E-state index in [1.165, 1.54) is 33.4 Å². The number of imidazole rings is 1. The first kappa shape index (κ1) is 19.7. The van der Waals surface area contributed by atoms with Crippen LogP contribution in [0.5, 0.6) is 0 Å². The van der Waals surface area contributed by atoms with E-state index >= 15 is 0 Å². The molecule has 162 valence electrons. The van der Waals surface area contributed by atoms with Crippen LogP contribution < -0.4 is 4.57 Å². The zero-order valence-electron chi connectivity index (χ0n) is 19.6. The Labute approximate surface area is 192 Å². The third-order valence-corrected chi connectivity index (χ3v) is 6.84. The lowest BCUT2D eigenvalue weighted by atomic mass is 10.0.